The molecule has 0 aliphatic carbocycles. The van der Waals surface area contributed by atoms with Crippen molar-refractivity contribution in [1.82, 2.24) is 10.0 Å². The molecule has 7 heteroatoms. The number of hydrogen-bond acceptors (Lipinski definition) is 4. The number of amides is 1. The van der Waals surface area contributed by atoms with E-state index < -0.39 is 10.0 Å². The van der Waals surface area contributed by atoms with Crippen LogP contribution in [0.5, 0.6) is 0 Å². The largest absolute Gasteiger partial charge is 0.377 e. The first-order valence-corrected chi connectivity index (χ1v) is 7.94. The third-order valence-corrected chi connectivity index (χ3v) is 4.62. The first-order valence-electron chi connectivity index (χ1n) is 6.46. The van der Waals surface area contributed by atoms with E-state index in [4.69, 9.17) is 4.74 Å². The average Bonchev–Trinajstić information content (AvgIpc) is 2.98. The molecule has 1 heterocycles. The summed E-state index contributed by atoms with van der Waals surface area (Å²) in [5.74, 6) is -0.249. The summed E-state index contributed by atoms with van der Waals surface area (Å²) in [5.41, 5.74) is 0.422. The van der Waals surface area contributed by atoms with Gasteiger partial charge in [0.2, 0.25) is 10.0 Å². The third kappa shape index (κ3) is 3.56. The van der Waals surface area contributed by atoms with Gasteiger partial charge in [0.1, 0.15) is 0 Å². The molecule has 1 aliphatic heterocycles. The van der Waals surface area contributed by atoms with Crippen molar-refractivity contribution < 1.29 is 17.9 Å². The van der Waals surface area contributed by atoms with Crippen molar-refractivity contribution in [2.24, 2.45) is 0 Å². The van der Waals surface area contributed by atoms with Gasteiger partial charge in [-0.05, 0) is 37.1 Å². The second kappa shape index (κ2) is 6.34. The lowest BCUT2D eigenvalue weighted by molar-refractivity contribution is 0.0963. The summed E-state index contributed by atoms with van der Waals surface area (Å²) in [6.07, 6.45) is 1.79. The number of sulfonamides is 1. The second-order valence-electron chi connectivity index (χ2n) is 4.59. The Morgan fingerprint density at radius 2 is 2.05 bits per heavy atom. The van der Waals surface area contributed by atoms with E-state index in [0.717, 1.165) is 12.8 Å². The molecular weight excluding hydrogens is 280 g/mol. The van der Waals surface area contributed by atoms with Gasteiger partial charge in [-0.25, -0.2) is 13.1 Å². The fourth-order valence-corrected chi connectivity index (χ4v) is 3.09. The normalized spacial score (nSPS) is 18.9. The topological polar surface area (TPSA) is 84.5 Å². The SMILES string of the molecule is CNC(=O)c1ccc(S(=O)(=O)NC[C@@H]2CCCO2)cc1. The van der Waals surface area contributed by atoms with Gasteiger partial charge < -0.3 is 10.1 Å². The van der Waals surface area contributed by atoms with Gasteiger partial charge >= 0.3 is 0 Å². The van der Waals surface area contributed by atoms with Gasteiger partial charge in [0.25, 0.3) is 5.91 Å². The molecule has 1 aliphatic rings. The summed E-state index contributed by atoms with van der Waals surface area (Å²) < 4.78 is 32.0. The molecule has 1 aromatic carbocycles. The molecule has 1 amide bonds. The molecule has 6 nitrogen and oxygen atoms in total. The molecule has 1 atom stereocenters. The Morgan fingerprint density at radius 3 is 2.60 bits per heavy atom. The number of rotatable bonds is 5. The highest BCUT2D eigenvalue weighted by Gasteiger charge is 2.20. The monoisotopic (exact) mass is 298 g/mol. The van der Waals surface area contributed by atoms with Crippen LogP contribution < -0.4 is 10.0 Å². The summed E-state index contributed by atoms with van der Waals surface area (Å²) >= 11 is 0. The first-order chi connectivity index (χ1) is 9.53. The Hall–Kier alpha value is -1.44. The zero-order valence-electron chi connectivity index (χ0n) is 11.3. The van der Waals surface area contributed by atoms with Crippen molar-refractivity contribution in [3.05, 3.63) is 29.8 Å². The van der Waals surface area contributed by atoms with Gasteiger partial charge in [-0.2, -0.15) is 0 Å². The molecule has 2 N–H and O–H groups in total. The Kier molecular flexibility index (Phi) is 4.74. The molecule has 0 aromatic heterocycles. The zero-order valence-corrected chi connectivity index (χ0v) is 12.1. The second-order valence-corrected chi connectivity index (χ2v) is 6.36. The predicted octanol–water partition coefficient (Wildman–Crippen LogP) is 0.504. The predicted molar refractivity (Wildman–Crippen MR) is 74.0 cm³/mol. The van der Waals surface area contributed by atoms with Crippen LogP contribution >= 0.6 is 0 Å². The molecule has 2 rings (SSSR count). The number of benzene rings is 1. The highest BCUT2D eigenvalue weighted by Crippen LogP contribution is 2.14. The van der Waals surface area contributed by atoms with Crippen molar-refractivity contribution in [3.8, 4) is 0 Å². The van der Waals surface area contributed by atoms with Crippen molar-refractivity contribution in [1.29, 1.82) is 0 Å². The number of hydrogen-bond donors (Lipinski definition) is 2. The van der Waals surface area contributed by atoms with Gasteiger partial charge in [0.15, 0.2) is 0 Å². The molecule has 1 saturated heterocycles. The van der Waals surface area contributed by atoms with Crippen LogP contribution in [0.3, 0.4) is 0 Å². The fraction of sp³-hybridized carbons (Fsp3) is 0.462. The molecule has 110 valence electrons. The maximum Gasteiger partial charge on any atom is 0.251 e. The molecule has 0 bridgehead atoms. The van der Waals surface area contributed by atoms with Crippen LogP contribution in [0.2, 0.25) is 0 Å². The van der Waals surface area contributed by atoms with Crippen LogP contribution in [-0.2, 0) is 14.8 Å². The number of carbonyl (C=O) groups excluding carboxylic acids is 1. The van der Waals surface area contributed by atoms with Crippen LogP contribution in [0.4, 0.5) is 0 Å². The van der Waals surface area contributed by atoms with Crippen molar-refractivity contribution in [3.63, 3.8) is 0 Å². The number of carbonyl (C=O) groups is 1. The van der Waals surface area contributed by atoms with E-state index in [9.17, 15) is 13.2 Å². The van der Waals surface area contributed by atoms with Crippen LogP contribution in [0, 0.1) is 0 Å². The van der Waals surface area contributed by atoms with E-state index >= 15 is 0 Å². The Bertz CT molecular complexity index is 563. The molecular formula is C13H18N2O4S. The quantitative estimate of drug-likeness (QED) is 0.829. The minimum atomic E-state index is -3.56. The lowest BCUT2D eigenvalue weighted by Gasteiger charge is -2.11. The minimum Gasteiger partial charge on any atom is -0.377 e. The number of ether oxygens (including phenoxy) is 1. The van der Waals surface area contributed by atoms with Gasteiger partial charge in [-0.15, -0.1) is 0 Å². The number of nitrogens with one attached hydrogen (secondary N) is 2. The van der Waals surface area contributed by atoms with Crippen LogP contribution in [0.25, 0.3) is 0 Å². The van der Waals surface area contributed by atoms with E-state index in [-0.39, 0.29) is 23.5 Å². The van der Waals surface area contributed by atoms with Crippen LogP contribution in [0.15, 0.2) is 29.2 Å². The summed E-state index contributed by atoms with van der Waals surface area (Å²) in [6, 6.07) is 5.81. The standard InChI is InChI=1S/C13H18N2O4S/c1-14-13(16)10-4-6-12(7-5-10)20(17,18)15-9-11-3-2-8-19-11/h4-7,11,15H,2-3,8-9H2,1H3,(H,14,16)/t11-/m0/s1. The Labute approximate surface area is 118 Å². The Morgan fingerprint density at radius 1 is 1.35 bits per heavy atom. The molecule has 20 heavy (non-hydrogen) atoms. The minimum absolute atomic E-state index is 0.0464. The van der Waals surface area contributed by atoms with E-state index in [1.54, 1.807) is 0 Å². The molecule has 0 radical (unpaired) electrons. The van der Waals surface area contributed by atoms with E-state index in [1.165, 1.54) is 31.3 Å². The van der Waals surface area contributed by atoms with Crippen molar-refractivity contribution >= 4 is 15.9 Å². The lowest BCUT2D eigenvalue weighted by atomic mass is 10.2. The van der Waals surface area contributed by atoms with Gasteiger partial charge in [-0.1, -0.05) is 0 Å². The van der Waals surface area contributed by atoms with Crippen LogP contribution in [-0.4, -0.2) is 40.6 Å². The Balaban J connectivity index is 2.03. The lowest BCUT2D eigenvalue weighted by Crippen LogP contribution is -2.31. The summed E-state index contributed by atoms with van der Waals surface area (Å²) in [4.78, 5) is 11.5. The van der Waals surface area contributed by atoms with Gasteiger partial charge in [0.05, 0.1) is 11.0 Å². The molecule has 0 saturated carbocycles. The third-order valence-electron chi connectivity index (χ3n) is 3.18. The summed E-state index contributed by atoms with van der Waals surface area (Å²) in [7, 11) is -2.03. The van der Waals surface area contributed by atoms with E-state index in [2.05, 4.69) is 10.0 Å². The van der Waals surface area contributed by atoms with Crippen molar-refractivity contribution in [2.45, 2.75) is 23.8 Å². The summed E-state index contributed by atoms with van der Waals surface area (Å²) in [5, 5.41) is 2.48. The maximum atomic E-state index is 12.1. The summed E-state index contributed by atoms with van der Waals surface area (Å²) in [6.45, 7) is 0.965. The van der Waals surface area contributed by atoms with Gasteiger partial charge in [0, 0.05) is 25.8 Å². The zero-order chi connectivity index (χ0) is 14.6. The molecule has 0 spiro atoms. The fourth-order valence-electron chi connectivity index (χ4n) is 2.02. The van der Waals surface area contributed by atoms with E-state index in [1.807, 2.05) is 0 Å². The molecule has 0 unspecified atom stereocenters. The highest BCUT2D eigenvalue weighted by atomic mass is 32.2. The van der Waals surface area contributed by atoms with E-state index in [0.29, 0.717) is 12.2 Å². The van der Waals surface area contributed by atoms with Crippen molar-refractivity contribution in [2.75, 3.05) is 20.2 Å². The molecule has 1 fully saturated rings. The maximum absolute atomic E-state index is 12.1. The van der Waals surface area contributed by atoms with Gasteiger partial charge in [-0.3, -0.25) is 4.79 Å². The average molecular weight is 298 g/mol. The smallest absolute Gasteiger partial charge is 0.251 e. The highest BCUT2D eigenvalue weighted by molar-refractivity contribution is 7.89. The first kappa shape index (κ1) is 15.0. The molecule has 1 aromatic rings. The van der Waals surface area contributed by atoms with Crippen LogP contribution in [0.1, 0.15) is 23.2 Å².